The topological polar surface area (TPSA) is 144 Å². The zero-order chi connectivity index (χ0) is 26.9. The van der Waals surface area contributed by atoms with Crippen LogP contribution in [0.1, 0.15) is 39.2 Å². The van der Waals surface area contributed by atoms with E-state index in [4.69, 9.17) is 19.8 Å². The molecule has 0 saturated carbocycles. The van der Waals surface area contributed by atoms with Crippen LogP contribution in [0.15, 0.2) is 41.3 Å². The number of amides is 1. The van der Waals surface area contributed by atoms with Crippen LogP contribution in [0.25, 0.3) is 33.4 Å². The van der Waals surface area contributed by atoms with Gasteiger partial charge in [0.05, 0.1) is 24.5 Å². The molecular weight excluding hydrogens is 486 g/mol. The first-order chi connectivity index (χ1) is 18.2. The Balaban J connectivity index is 1.43. The lowest BCUT2D eigenvalue weighted by Gasteiger charge is -2.33. The van der Waals surface area contributed by atoms with E-state index in [2.05, 4.69) is 25.6 Å². The molecule has 0 atom stereocenters. The first-order valence-corrected chi connectivity index (χ1v) is 12.7. The molecule has 0 unspecified atom stereocenters. The Hall–Kier alpha value is -4.12. The molecular formula is C27H33N7O4. The number of carbonyl (C=O) groups excluding carboxylic acids is 1. The summed E-state index contributed by atoms with van der Waals surface area (Å²) < 4.78 is 16.1. The molecule has 3 aromatic heterocycles. The van der Waals surface area contributed by atoms with Crippen molar-refractivity contribution in [1.82, 2.24) is 30.5 Å². The lowest BCUT2D eigenvalue weighted by Crippen LogP contribution is -2.46. The van der Waals surface area contributed by atoms with Gasteiger partial charge in [0, 0.05) is 48.4 Å². The second-order valence-corrected chi connectivity index (χ2v) is 10.4. The van der Waals surface area contributed by atoms with Gasteiger partial charge in [0.2, 0.25) is 0 Å². The standard InChI is InChI=1S/C27H33N7O4/c1-27(2,3)37-26(35)34-11-9-17(10-12-34)30-14-16-13-29-15-19-21(16)22(18-7-5-6-8-20(18)36-4)23(31-19)24-25(28)33-38-32-24/h5-8,13,15,17,30-31H,9-12,14H2,1-4H3,(H2,28,33). The number of likely N-dealkylation sites (tertiary alicyclic amines) is 1. The predicted molar refractivity (Wildman–Crippen MR) is 143 cm³/mol. The minimum absolute atomic E-state index is 0.192. The Morgan fingerprint density at radius 1 is 1.21 bits per heavy atom. The number of aromatic amines is 1. The number of nitrogens with zero attached hydrogens (tertiary/aromatic N) is 4. The number of nitrogens with one attached hydrogen (secondary N) is 2. The average molecular weight is 520 g/mol. The minimum atomic E-state index is -0.501. The summed E-state index contributed by atoms with van der Waals surface area (Å²) in [6.45, 7) is 7.53. The predicted octanol–water partition coefficient (Wildman–Crippen LogP) is 4.36. The number of nitrogens with two attached hydrogens (primary N) is 1. The van der Waals surface area contributed by atoms with E-state index in [1.807, 2.05) is 51.2 Å². The molecule has 1 aliphatic rings. The maximum absolute atomic E-state index is 12.4. The molecule has 1 aliphatic heterocycles. The molecule has 11 heteroatoms. The molecule has 4 N–H and O–H groups in total. The van der Waals surface area contributed by atoms with Crippen LogP contribution >= 0.6 is 0 Å². The molecule has 0 bridgehead atoms. The van der Waals surface area contributed by atoms with Gasteiger partial charge in [-0.3, -0.25) is 4.98 Å². The number of rotatable bonds is 6. The molecule has 1 saturated heterocycles. The zero-order valence-electron chi connectivity index (χ0n) is 22.1. The van der Waals surface area contributed by atoms with Gasteiger partial charge in [-0.2, -0.15) is 0 Å². The Morgan fingerprint density at radius 3 is 2.66 bits per heavy atom. The van der Waals surface area contributed by atoms with Gasteiger partial charge >= 0.3 is 6.09 Å². The summed E-state index contributed by atoms with van der Waals surface area (Å²) in [7, 11) is 1.65. The SMILES string of the molecule is COc1ccccc1-c1c(-c2nonc2N)[nH]c2cncc(CNC3CCN(C(=O)OC(C)(C)C)CC3)c12. The fourth-order valence-corrected chi connectivity index (χ4v) is 4.86. The number of aromatic nitrogens is 4. The normalized spacial score (nSPS) is 14.7. The van der Waals surface area contributed by atoms with Crippen molar-refractivity contribution >= 4 is 22.8 Å². The number of methoxy groups -OCH3 is 1. The van der Waals surface area contributed by atoms with Crippen molar-refractivity contribution in [3.05, 3.63) is 42.2 Å². The summed E-state index contributed by atoms with van der Waals surface area (Å²) in [5.74, 6) is 0.909. The first kappa shape index (κ1) is 25.5. The molecule has 38 heavy (non-hydrogen) atoms. The van der Waals surface area contributed by atoms with Crippen molar-refractivity contribution in [2.75, 3.05) is 25.9 Å². The average Bonchev–Trinajstić information content (AvgIpc) is 3.50. The molecule has 4 heterocycles. The third kappa shape index (κ3) is 5.14. The van der Waals surface area contributed by atoms with E-state index >= 15 is 0 Å². The van der Waals surface area contributed by atoms with Crippen molar-refractivity contribution in [2.24, 2.45) is 0 Å². The van der Waals surface area contributed by atoms with Crippen LogP contribution in [0.4, 0.5) is 10.6 Å². The summed E-state index contributed by atoms with van der Waals surface area (Å²) in [5.41, 5.74) is 10.3. The van der Waals surface area contributed by atoms with E-state index in [1.54, 1.807) is 18.2 Å². The number of piperidine rings is 1. The van der Waals surface area contributed by atoms with Crippen molar-refractivity contribution < 1.29 is 18.9 Å². The summed E-state index contributed by atoms with van der Waals surface area (Å²) in [4.78, 5) is 22.1. The molecule has 0 spiro atoms. The summed E-state index contributed by atoms with van der Waals surface area (Å²) in [6.07, 6.45) is 5.06. The highest BCUT2D eigenvalue weighted by atomic mass is 16.6. The highest BCUT2D eigenvalue weighted by Gasteiger charge is 2.28. The fourth-order valence-electron chi connectivity index (χ4n) is 4.86. The van der Waals surface area contributed by atoms with E-state index in [-0.39, 0.29) is 18.0 Å². The van der Waals surface area contributed by atoms with Gasteiger partial charge in [-0.15, -0.1) is 0 Å². The molecule has 5 rings (SSSR count). The molecule has 1 aromatic carbocycles. The van der Waals surface area contributed by atoms with E-state index in [9.17, 15) is 4.79 Å². The van der Waals surface area contributed by atoms with Crippen molar-refractivity contribution in [3.63, 3.8) is 0 Å². The lowest BCUT2D eigenvalue weighted by atomic mass is 9.97. The van der Waals surface area contributed by atoms with E-state index in [0.29, 0.717) is 31.0 Å². The summed E-state index contributed by atoms with van der Waals surface area (Å²) in [5, 5.41) is 12.5. The molecule has 0 aliphatic carbocycles. The molecule has 1 amide bonds. The Morgan fingerprint density at radius 2 is 1.97 bits per heavy atom. The maximum atomic E-state index is 12.4. The number of ether oxygens (including phenoxy) is 2. The molecule has 4 aromatic rings. The van der Waals surface area contributed by atoms with E-state index in [0.717, 1.165) is 46.2 Å². The monoisotopic (exact) mass is 519 g/mol. The Labute approximate surface area is 220 Å². The third-order valence-electron chi connectivity index (χ3n) is 6.64. The molecule has 11 nitrogen and oxygen atoms in total. The Bertz CT molecular complexity index is 1430. The smallest absolute Gasteiger partial charge is 0.410 e. The first-order valence-electron chi connectivity index (χ1n) is 12.7. The van der Waals surface area contributed by atoms with Gasteiger partial charge in [-0.25, -0.2) is 9.42 Å². The van der Waals surface area contributed by atoms with Crippen molar-refractivity contribution in [2.45, 2.75) is 51.8 Å². The van der Waals surface area contributed by atoms with E-state index in [1.165, 1.54) is 0 Å². The number of carbonyl (C=O) groups is 1. The number of fused-ring (bicyclic) bond motifs is 1. The van der Waals surface area contributed by atoms with Gasteiger partial charge in [-0.05, 0) is 55.6 Å². The highest BCUT2D eigenvalue weighted by molar-refractivity contribution is 6.06. The van der Waals surface area contributed by atoms with E-state index < -0.39 is 5.60 Å². The lowest BCUT2D eigenvalue weighted by molar-refractivity contribution is 0.0198. The van der Waals surface area contributed by atoms with Gasteiger partial charge in [0.15, 0.2) is 11.5 Å². The number of anilines is 1. The summed E-state index contributed by atoms with van der Waals surface area (Å²) >= 11 is 0. The van der Waals surface area contributed by atoms with Crippen LogP contribution in [-0.4, -0.2) is 63.1 Å². The number of pyridine rings is 1. The quantitative estimate of drug-likeness (QED) is 0.338. The third-order valence-corrected chi connectivity index (χ3v) is 6.64. The van der Waals surface area contributed by atoms with Crippen LogP contribution in [-0.2, 0) is 11.3 Å². The largest absolute Gasteiger partial charge is 0.496 e. The number of para-hydroxylation sites is 1. The molecule has 1 fully saturated rings. The number of hydrogen-bond acceptors (Lipinski definition) is 9. The summed E-state index contributed by atoms with van der Waals surface area (Å²) in [6, 6.07) is 8.06. The Kier molecular flexibility index (Phi) is 6.94. The molecule has 0 radical (unpaired) electrons. The second kappa shape index (κ2) is 10.3. The number of hydrogen-bond donors (Lipinski definition) is 3. The number of H-pyrrole nitrogens is 1. The van der Waals surface area contributed by atoms with Gasteiger partial charge in [0.1, 0.15) is 11.4 Å². The van der Waals surface area contributed by atoms with Crippen molar-refractivity contribution in [1.29, 1.82) is 0 Å². The van der Waals surface area contributed by atoms with Gasteiger partial charge < -0.3 is 30.4 Å². The number of benzene rings is 1. The minimum Gasteiger partial charge on any atom is -0.496 e. The van der Waals surface area contributed by atoms with Crippen LogP contribution < -0.4 is 15.8 Å². The molecule has 200 valence electrons. The van der Waals surface area contributed by atoms with Gasteiger partial charge in [-0.1, -0.05) is 18.2 Å². The van der Waals surface area contributed by atoms with Crippen LogP contribution in [0.5, 0.6) is 5.75 Å². The maximum Gasteiger partial charge on any atom is 0.410 e. The van der Waals surface area contributed by atoms with Crippen LogP contribution in [0.2, 0.25) is 0 Å². The van der Waals surface area contributed by atoms with Crippen molar-refractivity contribution in [3.8, 4) is 28.3 Å². The number of nitrogen functional groups attached to an aromatic ring is 1. The second-order valence-electron chi connectivity index (χ2n) is 10.4. The zero-order valence-corrected chi connectivity index (χ0v) is 22.1. The van der Waals surface area contributed by atoms with Gasteiger partial charge in [0.25, 0.3) is 0 Å². The highest BCUT2D eigenvalue weighted by Crippen LogP contribution is 2.43. The fraction of sp³-hybridized carbons (Fsp3) is 0.407. The van der Waals surface area contributed by atoms with Crippen LogP contribution in [0.3, 0.4) is 0 Å². The van der Waals surface area contributed by atoms with Crippen LogP contribution in [0, 0.1) is 0 Å².